The number of methoxy groups -OCH3 is 2. The number of sulfone groups is 1. The van der Waals surface area contributed by atoms with Gasteiger partial charge in [0.15, 0.2) is 11.6 Å². The molecule has 0 unspecified atom stereocenters. The number of thiazole rings is 1. The molecule has 0 saturated carbocycles. The lowest BCUT2D eigenvalue weighted by atomic mass is 10.1. The molecule has 5 aromatic rings. The summed E-state index contributed by atoms with van der Waals surface area (Å²) in [7, 11) is 0.212. The Kier molecular flexibility index (Phi) is 12.3. The fourth-order valence-electron chi connectivity index (χ4n) is 5.60. The molecule has 1 aliphatic heterocycles. The number of ether oxygens (including phenoxy) is 3. The predicted octanol–water partition coefficient (Wildman–Crippen LogP) is 7.07. The highest BCUT2D eigenvalue weighted by Crippen LogP contribution is 2.40. The molecule has 14 heteroatoms. The molecular formula is C36H39ClFN5O5S2. The van der Waals surface area contributed by atoms with E-state index in [1.54, 1.807) is 43.9 Å². The molecule has 264 valence electrons. The minimum atomic E-state index is -3.01. The number of nitrogens with zero attached hydrogens (tertiary/aromatic N) is 4. The van der Waals surface area contributed by atoms with E-state index >= 15 is 4.39 Å². The number of hydrogen-bond acceptors (Lipinski definition) is 11. The maximum Gasteiger partial charge on any atom is 0.227 e. The van der Waals surface area contributed by atoms with Crippen molar-refractivity contribution >= 4 is 45.2 Å². The Morgan fingerprint density at radius 2 is 1.68 bits per heavy atom. The summed E-state index contributed by atoms with van der Waals surface area (Å²) in [5.74, 6) is 1.40. The first kappa shape index (κ1) is 37.0. The first-order valence-electron chi connectivity index (χ1n) is 15.9. The molecule has 2 aromatic heterocycles. The van der Waals surface area contributed by atoms with E-state index in [1.807, 2.05) is 42.5 Å². The first-order chi connectivity index (χ1) is 23.7. The molecular weight excluding hydrogens is 701 g/mol. The molecule has 10 nitrogen and oxygen atoms in total. The average Bonchev–Trinajstić information content (AvgIpc) is 3.53. The molecule has 1 aliphatic rings. The summed E-state index contributed by atoms with van der Waals surface area (Å²) in [5, 5.41) is 4.05. The maximum atomic E-state index is 15.2. The molecule has 6 rings (SSSR count). The van der Waals surface area contributed by atoms with Crippen molar-refractivity contribution in [3.8, 4) is 39.1 Å². The summed E-state index contributed by atoms with van der Waals surface area (Å²) in [6.45, 7) is 1.91. The molecule has 0 radical (unpaired) electrons. The number of halogens is 2. The van der Waals surface area contributed by atoms with Gasteiger partial charge >= 0.3 is 0 Å². The van der Waals surface area contributed by atoms with Crippen LogP contribution in [0.5, 0.6) is 17.2 Å². The highest BCUT2D eigenvalue weighted by Gasteiger charge is 2.23. The van der Waals surface area contributed by atoms with Gasteiger partial charge < -0.3 is 24.4 Å². The summed E-state index contributed by atoms with van der Waals surface area (Å²) in [4.78, 5) is 17.2. The summed E-state index contributed by atoms with van der Waals surface area (Å²) in [6.07, 6.45) is 4.80. The zero-order valence-electron chi connectivity index (χ0n) is 28.0. The third-order valence-corrected chi connectivity index (χ3v) is 10.2. The molecule has 0 spiro atoms. The molecule has 3 aromatic carbocycles. The van der Waals surface area contributed by atoms with Crippen molar-refractivity contribution in [1.82, 2.24) is 19.9 Å². The van der Waals surface area contributed by atoms with E-state index < -0.39 is 15.7 Å². The lowest BCUT2D eigenvalue weighted by molar-refractivity contribution is 0.100. The van der Waals surface area contributed by atoms with Crippen LogP contribution < -0.4 is 19.5 Å². The van der Waals surface area contributed by atoms with Crippen LogP contribution in [0.3, 0.4) is 0 Å². The van der Waals surface area contributed by atoms with Gasteiger partial charge in [-0.1, -0.05) is 30.3 Å². The van der Waals surface area contributed by atoms with Crippen LogP contribution in [0.1, 0.15) is 23.4 Å². The normalized spacial score (nSPS) is 13.8. The molecule has 1 N–H and O–H groups in total. The number of rotatable bonds is 13. The predicted molar refractivity (Wildman–Crippen MR) is 198 cm³/mol. The smallest absolute Gasteiger partial charge is 0.227 e. The third-order valence-electron chi connectivity index (χ3n) is 8.18. The van der Waals surface area contributed by atoms with Crippen molar-refractivity contribution < 1.29 is 27.0 Å². The standard InChI is InChI=1S/C36H38FN5O5S2.ClH/c1-45-28-20-25(21-29(23-28)46-2)34-35(48-33(41-34)19-24-7-5-4-6-8-24)31-11-14-38-36(40-31)39-26-9-10-32(30(37)22-26)47-27-12-15-42(16-13-27)17-18-49(3,43)44;/h4-11,14,20-23,27H,12-13,15-19H2,1-3H3,(H,38,39,40);1H. The second kappa shape index (κ2) is 16.6. The lowest BCUT2D eigenvalue weighted by Gasteiger charge is -2.32. The van der Waals surface area contributed by atoms with Crippen LogP contribution in [0.25, 0.3) is 21.8 Å². The summed E-state index contributed by atoms with van der Waals surface area (Å²) >= 11 is 1.55. The van der Waals surface area contributed by atoms with Gasteiger partial charge in [0.25, 0.3) is 0 Å². The van der Waals surface area contributed by atoms with Gasteiger partial charge in [0, 0.05) is 61.9 Å². The van der Waals surface area contributed by atoms with Crippen molar-refractivity contribution in [1.29, 1.82) is 0 Å². The molecule has 3 heterocycles. The van der Waals surface area contributed by atoms with Gasteiger partial charge in [0.05, 0.1) is 41.2 Å². The van der Waals surface area contributed by atoms with Gasteiger partial charge in [-0.25, -0.2) is 27.8 Å². The highest BCUT2D eigenvalue weighted by atomic mass is 35.5. The Bertz CT molecular complexity index is 1990. The van der Waals surface area contributed by atoms with Gasteiger partial charge in [-0.3, -0.25) is 0 Å². The summed E-state index contributed by atoms with van der Waals surface area (Å²) in [6, 6.07) is 22.3. The molecule has 0 amide bonds. The number of likely N-dealkylation sites (tertiary alicyclic amines) is 1. The molecule has 0 bridgehead atoms. The average molecular weight is 740 g/mol. The largest absolute Gasteiger partial charge is 0.497 e. The van der Waals surface area contributed by atoms with Crippen LogP contribution in [0.2, 0.25) is 0 Å². The number of aromatic nitrogens is 3. The molecule has 1 saturated heterocycles. The fraction of sp³-hybridized carbons (Fsp3) is 0.306. The van der Waals surface area contributed by atoms with E-state index in [9.17, 15) is 8.42 Å². The van der Waals surface area contributed by atoms with Crippen LogP contribution >= 0.6 is 23.7 Å². The fourth-order valence-corrected chi connectivity index (χ4v) is 7.28. The maximum absolute atomic E-state index is 15.2. The monoisotopic (exact) mass is 739 g/mol. The van der Waals surface area contributed by atoms with Crippen molar-refractivity contribution in [3.05, 3.63) is 95.4 Å². The molecule has 50 heavy (non-hydrogen) atoms. The zero-order valence-corrected chi connectivity index (χ0v) is 30.4. The Hall–Kier alpha value is -4.30. The van der Waals surface area contributed by atoms with E-state index in [0.29, 0.717) is 67.7 Å². The van der Waals surface area contributed by atoms with Crippen LogP contribution in [-0.4, -0.2) is 80.2 Å². The highest BCUT2D eigenvalue weighted by molar-refractivity contribution is 7.90. The number of hydrogen-bond donors (Lipinski definition) is 1. The summed E-state index contributed by atoms with van der Waals surface area (Å²) in [5.41, 5.74) is 3.85. The number of nitrogens with one attached hydrogen (secondary N) is 1. The second-order valence-corrected chi connectivity index (χ2v) is 15.2. The lowest BCUT2D eigenvalue weighted by Crippen LogP contribution is -2.40. The van der Waals surface area contributed by atoms with Crippen LogP contribution in [0.4, 0.5) is 16.0 Å². The molecule has 0 aliphatic carbocycles. The van der Waals surface area contributed by atoms with Crippen molar-refractivity contribution in [3.63, 3.8) is 0 Å². The Labute approximate surface area is 302 Å². The Morgan fingerprint density at radius 3 is 2.34 bits per heavy atom. The number of benzene rings is 3. The number of piperidine rings is 1. The van der Waals surface area contributed by atoms with E-state index in [0.717, 1.165) is 26.7 Å². The van der Waals surface area contributed by atoms with Crippen LogP contribution in [-0.2, 0) is 16.3 Å². The SMILES string of the molecule is COc1cc(OC)cc(-c2nc(Cc3ccccc3)sc2-c2ccnc(Nc3ccc(OC4CCN(CCS(C)(=O)=O)CC4)c(F)c3)n2)c1.Cl. The topological polar surface area (TPSA) is 116 Å². The van der Waals surface area contributed by atoms with E-state index in [1.165, 1.54) is 12.3 Å². The van der Waals surface area contributed by atoms with Crippen molar-refractivity contribution in [2.45, 2.75) is 25.4 Å². The Balaban J connectivity index is 0.00000486. The van der Waals surface area contributed by atoms with Crippen molar-refractivity contribution in [2.24, 2.45) is 0 Å². The third kappa shape index (κ3) is 9.69. The van der Waals surface area contributed by atoms with Crippen LogP contribution in [0, 0.1) is 5.82 Å². The van der Waals surface area contributed by atoms with Gasteiger partial charge in [-0.15, -0.1) is 23.7 Å². The van der Waals surface area contributed by atoms with Crippen molar-refractivity contribution in [2.75, 3.05) is 51.2 Å². The minimum Gasteiger partial charge on any atom is -0.497 e. The minimum absolute atomic E-state index is 0. The second-order valence-electron chi connectivity index (χ2n) is 11.9. The molecule has 0 atom stereocenters. The van der Waals surface area contributed by atoms with Gasteiger partial charge in [-0.05, 0) is 48.7 Å². The summed E-state index contributed by atoms with van der Waals surface area (Å²) < 4.78 is 55.3. The van der Waals surface area contributed by atoms with Crippen LogP contribution in [0.15, 0.2) is 79.0 Å². The number of anilines is 2. The first-order valence-corrected chi connectivity index (χ1v) is 18.8. The van der Waals surface area contributed by atoms with Gasteiger partial charge in [0.1, 0.15) is 27.4 Å². The van der Waals surface area contributed by atoms with Gasteiger partial charge in [-0.2, -0.15) is 0 Å². The molecule has 1 fully saturated rings. The van der Waals surface area contributed by atoms with Gasteiger partial charge in [0.2, 0.25) is 5.95 Å². The Morgan fingerprint density at radius 1 is 0.960 bits per heavy atom. The quantitative estimate of drug-likeness (QED) is 0.135. The van der Waals surface area contributed by atoms with E-state index in [2.05, 4.69) is 27.3 Å². The van der Waals surface area contributed by atoms with E-state index in [-0.39, 0.29) is 30.0 Å². The van der Waals surface area contributed by atoms with E-state index in [4.69, 9.17) is 24.2 Å². The zero-order chi connectivity index (χ0) is 34.4.